The average molecular weight is 346 g/mol. The molecule has 25 heavy (non-hydrogen) atoms. The molecular weight excluding hydrogens is 320 g/mol. The number of carbonyl (C=O) groups excluding carboxylic acids is 2. The minimum atomic E-state index is -0.466. The molecule has 1 aliphatic carbocycles. The fourth-order valence-electron chi connectivity index (χ4n) is 3.50. The van der Waals surface area contributed by atoms with Crippen molar-refractivity contribution in [3.8, 4) is 0 Å². The maximum Gasteiger partial charge on any atom is 0.410 e. The normalized spacial score (nSPS) is 18.9. The van der Waals surface area contributed by atoms with Crippen LogP contribution in [0.2, 0.25) is 0 Å². The van der Waals surface area contributed by atoms with Crippen LogP contribution >= 0.6 is 0 Å². The lowest BCUT2D eigenvalue weighted by Crippen LogP contribution is -2.67. The highest BCUT2D eigenvalue weighted by Gasteiger charge is 2.54. The van der Waals surface area contributed by atoms with Crippen molar-refractivity contribution in [1.82, 2.24) is 10.2 Å². The zero-order valence-electron chi connectivity index (χ0n) is 15.1. The van der Waals surface area contributed by atoms with Gasteiger partial charge in [-0.15, -0.1) is 0 Å². The molecule has 2 aliphatic rings. The van der Waals surface area contributed by atoms with Crippen molar-refractivity contribution in [2.75, 3.05) is 13.1 Å². The second-order valence-electron chi connectivity index (χ2n) is 8.15. The van der Waals surface area contributed by atoms with E-state index in [0.29, 0.717) is 13.1 Å². The third-order valence-electron chi connectivity index (χ3n) is 4.60. The van der Waals surface area contributed by atoms with Gasteiger partial charge in [0.25, 0.3) is 0 Å². The van der Waals surface area contributed by atoms with Gasteiger partial charge >= 0.3 is 12.2 Å². The first-order chi connectivity index (χ1) is 11.7. The number of alkyl carbamates (subject to hydrolysis) is 1. The molecule has 6 nitrogen and oxygen atoms in total. The van der Waals surface area contributed by atoms with Crippen LogP contribution in [-0.4, -0.2) is 41.8 Å². The summed E-state index contributed by atoms with van der Waals surface area (Å²) in [5.41, 5.74) is 0.648. The van der Waals surface area contributed by atoms with Crippen LogP contribution in [0.4, 0.5) is 9.59 Å². The van der Waals surface area contributed by atoms with Crippen LogP contribution in [0.25, 0.3) is 0 Å². The molecule has 6 heteroatoms. The molecule has 0 bridgehead atoms. The second-order valence-corrected chi connectivity index (χ2v) is 8.15. The van der Waals surface area contributed by atoms with Gasteiger partial charge in [-0.3, -0.25) is 0 Å². The summed E-state index contributed by atoms with van der Waals surface area (Å²) < 4.78 is 10.6. The lowest BCUT2D eigenvalue weighted by molar-refractivity contribution is -0.0820. The van der Waals surface area contributed by atoms with Crippen LogP contribution in [0.3, 0.4) is 0 Å². The van der Waals surface area contributed by atoms with E-state index in [1.54, 1.807) is 4.90 Å². The monoisotopic (exact) mass is 346 g/mol. The average Bonchev–Trinajstić information content (AvgIpc) is 2.45. The van der Waals surface area contributed by atoms with E-state index in [0.717, 1.165) is 18.4 Å². The predicted molar refractivity (Wildman–Crippen MR) is 93.0 cm³/mol. The van der Waals surface area contributed by atoms with Gasteiger partial charge in [0, 0.05) is 24.5 Å². The van der Waals surface area contributed by atoms with Gasteiger partial charge in [0.15, 0.2) is 0 Å². The van der Waals surface area contributed by atoms with Crippen LogP contribution in [0.1, 0.15) is 39.2 Å². The molecule has 1 aromatic carbocycles. The van der Waals surface area contributed by atoms with Crippen molar-refractivity contribution in [3.63, 3.8) is 0 Å². The Balaban J connectivity index is 1.34. The molecule has 1 aliphatic heterocycles. The molecule has 3 rings (SSSR count). The summed E-state index contributed by atoms with van der Waals surface area (Å²) in [6.07, 6.45) is 1.13. The number of benzene rings is 1. The lowest BCUT2D eigenvalue weighted by Gasteiger charge is -2.58. The number of likely N-dealkylation sites (tertiary alicyclic amines) is 1. The number of nitrogens with one attached hydrogen (secondary N) is 1. The first-order valence-corrected chi connectivity index (χ1v) is 8.70. The lowest BCUT2D eigenvalue weighted by atomic mass is 9.61. The summed E-state index contributed by atoms with van der Waals surface area (Å²) in [7, 11) is 0. The van der Waals surface area contributed by atoms with Gasteiger partial charge in [-0.1, -0.05) is 30.3 Å². The van der Waals surface area contributed by atoms with E-state index < -0.39 is 5.60 Å². The quantitative estimate of drug-likeness (QED) is 0.912. The standard InChI is InChI=1S/C19H26N2O4/c1-18(2,3)25-17(23)21-12-19(13-21)9-15(10-19)20-16(22)24-11-14-7-5-4-6-8-14/h4-8,15H,9-13H2,1-3H3,(H,20,22). The summed E-state index contributed by atoms with van der Waals surface area (Å²) in [6.45, 7) is 7.29. The maximum atomic E-state index is 12.0. The van der Waals surface area contributed by atoms with Crippen LogP contribution < -0.4 is 5.32 Å². The summed E-state index contributed by atoms with van der Waals surface area (Å²) in [6, 6.07) is 9.73. The van der Waals surface area contributed by atoms with E-state index in [1.807, 2.05) is 51.1 Å². The zero-order chi connectivity index (χ0) is 18.1. The molecule has 0 aromatic heterocycles. The summed E-state index contributed by atoms with van der Waals surface area (Å²) >= 11 is 0. The van der Waals surface area contributed by atoms with Gasteiger partial charge in [-0.2, -0.15) is 0 Å². The van der Waals surface area contributed by atoms with Crippen LogP contribution in [0.15, 0.2) is 30.3 Å². The van der Waals surface area contributed by atoms with E-state index in [9.17, 15) is 9.59 Å². The molecule has 2 fully saturated rings. The number of amides is 2. The molecule has 1 heterocycles. The third kappa shape index (κ3) is 4.44. The van der Waals surface area contributed by atoms with Crippen molar-refractivity contribution >= 4 is 12.2 Å². The molecule has 0 radical (unpaired) electrons. The Kier molecular flexibility index (Phi) is 4.62. The predicted octanol–water partition coefficient (Wildman–Crippen LogP) is 3.31. The van der Waals surface area contributed by atoms with Crippen molar-refractivity contribution < 1.29 is 19.1 Å². The van der Waals surface area contributed by atoms with Gasteiger partial charge in [0.2, 0.25) is 0 Å². The zero-order valence-corrected chi connectivity index (χ0v) is 15.1. The smallest absolute Gasteiger partial charge is 0.410 e. The largest absolute Gasteiger partial charge is 0.445 e. The Hall–Kier alpha value is -2.24. The third-order valence-corrected chi connectivity index (χ3v) is 4.60. The summed E-state index contributed by atoms with van der Waals surface area (Å²) in [5.74, 6) is 0. The summed E-state index contributed by atoms with van der Waals surface area (Å²) in [4.78, 5) is 25.5. The topological polar surface area (TPSA) is 67.9 Å². The SMILES string of the molecule is CC(C)(C)OC(=O)N1CC2(CC(NC(=O)OCc3ccccc3)C2)C1. The van der Waals surface area contributed by atoms with Gasteiger partial charge in [-0.05, 0) is 39.2 Å². The summed E-state index contributed by atoms with van der Waals surface area (Å²) in [5, 5.41) is 2.90. The Morgan fingerprint density at radius 2 is 1.84 bits per heavy atom. The number of nitrogens with zero attached hydrogens (tertiary/aromatic N) is 1. The highest BCUT2D eigenvalue weighted by molar-refractivity contribution is 5.70. The fraction of sp³-hybridized carbons (Fsp3) is 0.579. The van der Waals surface area contributed by atoms with E-state index in [-0.39, 0.29) is 30.3 Å². The molecule has 0 unspecified atom stereocenters. The Labute approximate surface area is 148 Å². The molecule has 1 spiro atoms. The van der Waals surface area contributed by atoms with Crippen LogP contribution in [0.5, 0.6) is 0 Å². The van der Waals surface area contributed by atoms with Crippen molar-refractivity contribution in [2.24, 2.45) is 5.41 Å². The van der Waals surface area contributed by atoms with Crippen LogP contribution in [0, 0.1) is 5.41 Å². The van der Waals surface area contributed by atoms with E-state index in [2.05, 4.69) is 5.32 Å². The van der Waals surface area contributed by atoms with Crippen LogP contribution in [-0.2, 0) is 16.1 Å². The van der Waals surface area contributed by atoms with E-state index in [1.165, 1.54) is 0 Å². The van der Waals surface area contributed by atoms with Gasteiger partial charge in [-0.25, -0.2) is 9.59 Å². The number of hydrogen-bond donors (Lipinski definition) is 1. The fourth-order valence-corrected chi connectivity index (χ4v) is 3.50. The minimum Gasteiger partial charge on any atom is -0.445 e. The Morgan fingerprint density at radius 1 is 1.20 bits per heavy atom. The maximum absolute atomic E-state index is 12.0. The number of hydrogen-bond acceptors (Lipinski definition) is 4. The van der Waals surface area contributed by atoms with Gasteiger partial charge < -0.3 is 19.7 Å². The number of carbonyl (C=O) groups is 2. The second kappa shape index (κ2) is 6.58. The molecule has 1 saturated heterocycles. The molecular formula is C19H26N2O4. The molecule has 1 N–H and O–H groups in total. The first-order valence-electron chi connectivity index (χ1n) is 8.70. The number of rotatable bonds is 3. The molecule has 1 aromatic rings. The Morgan fingerprint density at radius 3 is 2.44 bits per heavy atom. The van der Waals surface area contributed by atoms with E-state index in [4.69, 9.17) is 9.47 Å². The molecule has 1 saturated carbocycles. The highest BCUT2D eigenvalue weighted by atomic mass is 16.6. The van der Waals surface area contributed by atoms with Gasteiger partial charge in [0.05, 0.1) is 0 Å². The Bertz CT molecular complexity index is 625. The highest BCUT2D eigenvalue weighted by Crippen LogP contribution is 2.48. The van der Waals surface area contributed by atoms with E-state index >= 15 is 0 Å². The minimum absolute atomic E-state index is 0.129. The van der Waals surface area contributed by atoms with Crippen molar-refractivity contribution in [1.29, 1.82) is 0 Å². The molecule has 0 atom stereocenters. The van der Waals surface area contributed by atoms with Gasteiger partial charge in [0.1, 0.15) is 12.2 Å². The number of ether oxygens (including phenoxy) is 2. The van der Waals surface area contributed by atoms with Crippen molar-refractivity contribution in [2.45, 2.75) is 51.9 Å². The molecule has 136 valence electrons. The molecule has 2 amide bonds. The first kappa shape index (κ1) is 17.6. The van der Waals surface area contributed by atoms with Crippen molar-refractivity contribution in [3.05, 3.63) is 35.9 Å².